The Bertz CT molecular complexity index is 259. The monoisotopic (exact) mass is 284 g/mol. The lowest BCUT2D eigenvalue weighted by atomic mass is 10.1. The number of likely N-dealkylation sites (tertiary alicyclic amines) is 1. The van der Waals surface area contributed by atoms with Crippen molar-refractivity contribution in [2.75, 3.05) is 32.8 Å². The van der Waals surface area contributed by atoms with E-state index < -0.39 is 0 Å². The standard InChI is InChI=1S/C16H32N2O2/c1-2-3-4-5-6-7-9-17-10-8-11-18-13-15(14-19)12-16(18)20/h15,17,19H,2-14H2,1H3. The topological polar surface area (TPSA) is 52.6 Å². The minimum atomic E-state index is 0.137. The van der Waals surface area contributed by atoms with Gasteiger partial charge in [-0.15, -0.1) is 0 Å². The van der Waals surface area contributed by atoms with Gasteiger partial charge in [0.15, 0.2) is 0 Å². The number of nitrogens with one attached hydrogen (secondary N) is 1. The quantitative estimate of drug-likeness (QED) is 0.540. The summed E-state index contributed by atoms with van der Waals surface area (Å²) in [5.74, 6) is 0.374. The molecular weight excluding hydrogens is 252 g/mol. The number of aliphatic hydroxyl groups excluding tert-OH is 1. The van der Waals surface area contributed by atoms with Crippen LogP contribution in [-0.2, 0) is 4.79 Å². The van der Waals surface area contributed by atoms with Gasteiger partial charge in [0.05, 0.1) is 0 Å². The van der Waals surface area contributed by atoms with Gasteiger partial charge in [-0.2, -0.15) is 0 Å². The summed E-state index contributed by atoms with van der Waals surface area (Å²) in [4.78, 5) is 13.5. The summed E-state index contributed by atoms with van der Waals surface area (Å²) in [7, 11) is 0. The number of hydrogen-bond donors (Lipinski definition) is 2. The van der Waals surface area contributed by atoms with Crippen molar-refractivity contribution in [1.29, 1.82) is 0 Å². The van der Waals surface area contributed by atoms with E-state index in [9.17, 15) is 4.79 Å². The highest BCUT2D eigenvalue weighted by Gasteiger charge is 2.28. The van der Waals surface area contributed by atoms with Crippen molar-refractivity contribution in [3.8, 4) is 0 Å². The number of rotatable bonds is 12. The summed E-state index contributed by atoms with van der Waals surface area (Å²) in [6, 6.07) is 0. The maximum atomic E-state index is 11.6. The summed E-state index contributed by atoms with van der Waals surface area (Å²) in [6.07, 6.45) is 9.55. The van der Waals surface area contributed by atoms with Crippen molar-refractivity contribution in [3.05, 3.63) is 0 Å². The molecule has 1 saturated heterocycles. The first-order valence-electron chi connectivity index (χ1n) is 8.37. The van der Waals surface area contributed by atoms with E-state index in [2.05, 4.69) is 12.2 Å². The normalized spacial score (nSPS) is 19.0. The molecule has 20 heavy (non-hydrogen) atoms. The van der Waals surface area contributed by atoms with Crippen molar-refractivity contribution in [2.24, 2.45) is 5.92 Å². The van der Waals surface area contributed by atoms with Crippen LogP contribution in [0.5, 0.6) is 0 Å². The highest BCUT2D eigenvalue weighted by atomic mass is 16.3. The van der Waals surface area contributed by atoms with Crippen LogP contribution < -0.4 is 5.32 Å². The molecule has 0 saturated carbocycles. The molecule has 0 aliphatic carbocycles. The molecule has 1 aliphatic heterocycles. The molecule has 2 N–H and O–H groups in total. The predicted molar refractivity (Wildman–Crippen MR) is 82.6 cm³/mol. The van der Waals surface area contributed by atoms with Gasteiger partial charge in [0, 0.05) is 32.0 Å². The minimum Gasteiger partial charge on any atom is -0.396 e. The van der Waals surface area contributed by atoms with Gasteiger partial charge in [-0.25, -0.2) is 0 Å². The smallest absolute Gasteiger partial charge is 0.223 e. The molecule has 4 heteroatoms. The Morgan fingerprint density at radius 1 is 1.15 bits per heavy atom. The minimum absolute atomic E-state index is 0.137. The number of aliphatic hydroxyl groups is 1. The maximum absolute atomic E-state index is 11.6. The zero-order valence-electron chi connectivity index (χ0n) is 13.1. The van der Waals surface area contributed by atoms with Crippen LogP contribution in [-0.4, -0.2) is 48.7 Å². The van der Waals surface area contributed by atoms with Crippen molar-refractivity contribution >= 4 is 5.91 Å². The van der Waals surface area contributed by atoms with E-state index in [1.54, 1.807) is 0 Å². The van der Waals surface area contributed by atoms with Crippen LogP contribution in [0.25, 0.3) is 0 Å². The molecule has 0 spiro atoms. The average molecular weight is 284 g/mol. The molecule has 0 radical (unpaired) electrons. The Morgan fingerprint density at radius 3 is 2.55 bits per heavy atom. The summed E-state index contributed by atoms with van der Waals surface area (Å²) in [6.45, 7) is 6.04. The summed E-state index contributed by atoms with van der Waals surface area (Å²) < 4.78 is 0. The lowest BCUT2D eigenvalue weighted by Gasteiger charge is -2.16. The fraction of sp³-hybridized carbons (Fsp3) is 0.938. The molecule has 0 aromatic rings. The number of unbranched alkanes of at least 4 members (excludes halogenated alkanes) is 5. The Morgan fingerprint density at radius 2 is 1.85 bits per heavy atom. The third kappa shape index (κ3) is 7.25. The van der Waals surface area contributed by atoms with Gasteiger partial charge < -0.3 is 15.3 Å². The van der Waals surface area contributed by atoms with Crippen LogP contribution >= 0.6 is 0 Å². The molecule has 1 aliphatic rings. The molecule has 1 fully saturated rings. The molecule has 0 bridgehead atoms. The van der Waals surface area contributed by atoms with E-state index in [1.165, 1.54) is 38.5 Å². The highest BCUT2D eigenvalue weighted by molar-refractivity contribution is 5.78. The van der Waals surface area contributed by atoms with Gasteiger partial charge in [-0.3, -0.25) is 4.79 Å². The second-order valence-corrected chi connectivity index (χ2v) is 5.96. The number of carbonyl (C=O) groups is 1. The Hall–Kier alpha value is -0.610. The molecule has 4 nitrogen and oxygen atoms in total. The van der Waals surface area contributed by atoms with Crippen LogP contribution in [0.15, 0.2) is 0 Å². The molecule has 118 valence electrons. The fourth-order valence-electron chi connectivity index (χ4n) is 2.74. The van der Waals surface area contributed by atoms with Crippen molar-refractivity contribution < 1.29 is 9.90 Å². The molecule has 1 heterocycles. The Kier molecular flexibility index (Phi) is 9.67. The average Bonchev–Trinajstić information content (AvgIpc) is 2.81. The van der Waals surface area contributed by atoms with Crippen molar-refractivity contribution in [3.63, 3.8) is 0 Å². The Labute approximate surface area is 123 Å². The lowest BCUT2D eigenvalue weighted by molar-refractivity contribution is -0.127. The summed E-state index contributed by atoms with van der Waals surface area (Å²) in [5.41, 5.74) is 0. The molecule has 1 rings (SSSR count). The largest absolute Gasteiger partial charge is 0.396 e. The zero-order chi connectivity index (χ0) is 14.6. The molecular formula is C16H32N2O2. The predicted octanol–water partition coefficient (Wildman–Crippen LogP) is 2.17. The van der Waals surface area contributed by atoms with E-state index in [1.807, 2.05) is 4.90 Å². The van der Waals surface area contributed by atoms with Gasteiger partial charge in [0.25, 0.3) is 0 Å². The van der Waals surface area contributed by atoms with Gasteiger partial charge in [-0.1, -0.05) is 39.0 Å². The van der Waals surface area contributed by atoms with Gasteiger partial charge in [0.1, 0.15) is 0 Å². The van der Waals surface area contributed by atoms with Gasteiger partial charge >= 0.3 is 0 Å². The summed E-state index contributed by atoms with van der Waals surface area (Å²) in [5, 5.41) is 12.5. The van der Waals surface area contributed by atoms with E-state index >= 15 is 0 Å². The van der Waals surface area contributed by atoms with E-state index in [4.69, 9.17) is 5.11 Å². The molecule has 1 unspecified atom stereocenters. The van der Waals surface area contributed by atoms with Crippen molar-refractivity contribution in [2.45, 2.75) is 58.3 Å². The lowest BCUT2D eigenvalue weighted by Crippen LogP contribution is -2.29. The van der Waals surface area contributed by atoms with Crippen LogP contribution in [0.3, 0.4) is 0 Å². The first-order valence-corrected chi connectivity index (χ1v) is 8.37. The first-order chi connectivity index (χ1) is 9.77. The third-order valence-corrected chi connectivity index (χ3v) is 4.04. The SMILES string of the molecule is CCCCCCCCNCCCN1CC(CO)CC1=O. The second kappa shape index (κ2) is 11.1. The highest BCUT2D eigenvalue weighted by Crippen LogP contribution is 2.16. The Balaban J connectivity index is 1.86. The molecule has 1 amide bonds. The second-order valence-electron chi connectivity index (χ2n) is 5.96. The maximum Gasteiger partial charge on any atom is 0.223 e. The number of nitrogens with zero attached hydrogens (tertiary/aromatic N) is 1. The molecule has 1 atom stereocenters. The van der Waals surface area contributed by atoms with E-state index in [-0.39, 0.29) is 18.4 Å². The fourth-order valence-corrected chi connectivity index (χ4v) is 2.74. The van der Waals surface area contributed by atoms with E-state index in [0.717, 1.165) is 32.6 Å². The van der Waals surface area contributed by atoms with Crippen LogP contribution in [0.4, 0.5) is 0 Å². The van der Waals surface area contributed by atoms with Gasteiger partial charge in [0.2, 0.25) is 5.91 Å². The molecule has 0 aromatic heterocycles. The van der Waals surface area contributed by atoms with Crippen LogP contribution in [0.2, 0.25) is 0 Å². The number of amides is 1. The molecule has 0 aromatic carbocycles. The van der Waals surface area contributed by atoms with Crippen LogP contribution in [0.1, 0.15) is 58.3 Å². The number of hydrogen-bond acceptors (Lipinski definition) is 3. The first kappa shape index (κ1) is 17.4. The third-order valence-electron chi connectivity index (χ3n) is 4.04. The summed E-state index contributed by atoms with van der Waals surface area (Å²) >= 11 is 0. The van der Waals surface area contributed by atoms with Crippen LogP contribution in [0, 0.1) is 5.92 Å². The number of carbonyl (C=O) groups excluding carboxylic acids is 1. The van der Waals surface area contributed by atoms with Crippen molar-refractivity contribution in [1.82, 2.24) is 10.2 Å². The zero-order valence-corrected chi connectivity index (χ0v) is 13.1. The van der Waals surface area contributed by atoms with E-state index in [0.29, 0.717) is 6.42 Å². The van der Waals surface area contributed by atoms with Gasteiger partial charge in [-0.05, 0) is 25.9 Å².